The van der Waals surface area contributed by atoms with Gasteiger partial charge in [-0.25, -0.2) is 17.1 Å². The van der Waals surface area contributed by atoms with E-state index < -0.39 is 15.8 Å². The fourth-order valence-corrected chi connectivity index (χ4v) is 4.57. The maximum Gasteiger partial charge on any atom is 0.244 e. The summed E-state index contributed by atoms with van der Waals surface area (Å²) in [6, 6.07) is 13.7. The van der Waals surface area contributed by atoms with Gasteiger partial charge >= 0.3 is 0 Å². The molecule has 0 aliphatic carbocycles. The summed E-state index contributed by atoms with van der Waals surface area (Å²) in [4.78, 5) is 7.74. The summed E-state index contributed by atoms with van der Waals surface area (Å²) in [6.07, 6.45) is 1.36. The Labute approximate surface area is 179 Å². The van der Waals surface area contributed by atoms with Crippen LogP contribution in [0.1, 0.15) is 5.56 Å². The van der Waals surface area contributed by atoms with E-state index in [4.69, 9.17) is 11.6 Å². The number of nitrogens with one attached hydrogen (secondary N) is 1. The fraction of sp³-hybridized carbons (Fsp3) is 0.136. The van der Waals surface area contributed by atoms with Gasteiger partial charge in [0.25, 0.3) is 0 Å². The Balaban J connectivity index is 1.78. The summed E-state index contributed by atoms with van der Waals surface area (Å²) in [5.74, 6) is -0.399. The first-order valence-electron chi connectivity index (χ1n) is 9.15. The molecule has 0 saturated heterocycles. The van der Waals surface area contributed by atoms with Crippen LogP contribution in [-0.2, 0) is 10.0 Å². The Morgan fingerprint density at radius 2 is 1.87 bits per heavy atom. The summed E-state index contributed by atoms with van der Waals surface area (Å²) in [7, 11) is -0.583. The van der Waals surface area contributed by atoms with Crippen LogP contribution >= 0.6 is 11.6 Å². The second-order valence-electron chi connectivity index (χ2n) is 7.21. The molecule has 4 aromatic rings. The molecule has 2 aromatic heterocycles. The van der Waals surface area contributed by atoms with Crippen molar-refractivity contribution in [2.75, 3.05) is 14.1 Å². The highest BCUT2D eigenvalue weighted by atomic mass is 35.5. The minimum absolute atomic E-state index is 0.146. The van der Waals surface area contributed by atoms with Gasteiger partial charge in [-0.05, 0) is 48.9 Å². The third kappa shape index (κ3) is 3.49. The normalized spacial score (nSPS) is 12.1. The second kappa shape index (κ2) is 7.50. The maximum atomic E-state index is 14.3. The minimum Gasteiger partial charge on any atom is -0.354 e. The van der Waals surface area contributed by atoms with Crippen LogP contribution in [0, 0.1) is 12.7 Å². The van der Waals surface area contributed by atoms with Crippen LogP contribution in [0.25, 0.3) is 33.4 Å². The molecule has 0 atom stereocenters. The maximum absolute atomic E-state index is 14.3. The molecule has 0 aliphatic heterocycles. The van der Waals surface area contributed by atoms with E-state index in [-0.39, 0.29) is 4.90 Å². The van der Waals surface area contributed by atoms with E-state index in [0.29, 0.717) is 22.0 Å². The number of pyridine rings is 1. The van der Waals surface area contributed by atoms with Crippen LogP contribution in [-0.4, -0.2) is 36.8 Å². The minimum atomic E-state index is -3.55. The molecule has 0 fully saturated rings. The average Bonchev–Trinajstić information content (AvgIpc) is 3.10. The third-order valence-electron chi connectivity index (χ3n) is 4.96. The lowest BCUT2D eigenvalue weighted by Crippen LogP contribution is -2.22. The van der Waals surface area contributed by atoms with E-state index in [0.717, 1.165) is 26.3 Å². The molecule has 5 nitrogen and oxygen atoms in total. The number of aryl methyl sites for hydroxylation is 1. The summed E-state index contributed by atoms with van der Waals surface area (Å²) >= 11 is 6.19. The molecule has 0 radical (unpaired) electrons. The van der Waals surface area contributed by atoms with Gasteiger partial charge in [0, 0.05) is 36.8 Å². The molecular formula is C22H19ClFN3O2S. The highest BCUT2D eigenvalue weighted by Gasteiger charge is 2.19. The monoisotopic (exact) mass is 443 g/mol. The van der Waals surface area contributed by atoms with Crippen LogP contribution in [0.4, 0.5) is 4.39 Å². The lowest BCUT2D eigenvalue weighted by molar-refractivity contribution is 0.520. The van der Waals surface area contributed by atoms with Crippen molar-refractivity contribution in [1.82, 2.24) is 14.3 Å². The molecule has 0 saturated carbocycles. The van der Waals surface area contributed by atoms with Gasteiger partial charge in [0.2, 0.25) is 10.0 Å². The van der Waals surface area contributed by atoms with Crippen LogP contribution in [0.3, 0.4) is 0 Å². The number of aromatic amines is 1. The van der Waals surface area contributed by atoms with E-state index in [1.807, 2.05) is 31.2 Å². The fourth-order valence-electron chi connectivity index (χ4n) is 3.37. The first-order valence-corrected chi connectivity index (χ1v) is 11.0. The summed E-state index contributed by atoms with van der Waals surface area (Å²) < 4.78 is 40.1. The molecule has 0 aliphatic rings. The van der Waals surface area contributed by atoms with Crippen molar-refractivity contribution in [3.63, 3.8) is 0 Å². The number of fused-ring (bicyclic) bond motifs is 1. The molecule has 0 spiro atoms. The molecular weight excluding hydrogens is 425 g/mol. The van der Waals surface area contributed by atoms with E-state index in [2.05, 4.69) is 9.97 Å². The molecule has 0 amide bonds. The van der Waals surface area contributed by atoms with Gasteiger partial charge in [-0.15, -0.1) is 0 Å². The summed E-state index contributed by atoms with van der Waals surface area (Å²) in [6.45, 7) is 1.82. The standard InChI is InChI=1S/C22H19ClFN3O2S/c1-13-9-16(30(28,29)27(2)3)12-25-22(13)14-7-8-19-15(10-14)11-20(26-19)21-17(23)5-4-6-18(21)24/h4-12,26H,1-3H3. The van der Waals surface area contributed by atoms with Crippen molar-refractivity contribution in [2.45, 2.75) is 11.8 Å². The largest absolute Gasteiger partial charge is 0.354 e. The quantitative estimate of drug-likeness (QED) is 0.468. The highest BCUT2D eigenvalue weighted by Crippen LogP contribution is 2.34. The zero-order valence-corrected chi connectivity index (χ0v) is 18.1. The molecule has 8 heteroatoms. The van der Waals surface area contributed by atoms with Gasteiger partial charge in [0.15, 0.2) is 0 Å². The van der Waals surface area contributed by atoms with Crippen molar-refractivity contribution in [3.05, 3.63) is 71.1 Å². The van der Waals surface area contributed by atoms with Gasteiger partial charge < -0.3 is 4.98 Å². The number of H-pyrrole nitrogens is 1. The number of aromatic nitrogens is 2. The zero-order chi connectivity index (χ0) is 21.6. The van der Waals surface area contributed by atoms with E-state index in [1.165, 1.54) is 26.4 Å². The summed E-state index contributed by atoms with van der Waals surface area (Å²) in [5.41, 5.74) is 4.00. The average molecular weight is 444 g/mol. The van der Waals surface area contributed by atoms with Crippen molar-refractivity contribution < 1.29 is 12.8 Å². The topological polar surface area (TPSA) is 66.1 Å². The second-order valence-corrected chi connectivity index (χ2v) is 9.76. The van der Waals surface area contributed by atoms with E-state index in [1.54, 1.807) is 18.2 Å². The van der Waals surface area contributed by atoms with E-state index >= 15 is 0 Å². The van der Waals surface area contributed by atoms with Gasteiger partial charge in [-0.1, -0.05) is 23.7 Å². The van der Waals surface area contributed by atoms with Gasteiger partial charge in [-0.3, -0.25) is 4.98 Å². The van der Waals surface area contributed by atoms with Crippen molar-refractivity contribution in [2.24, 2.45) is 0 Å². The van der Waals surface area contributed by atoms with Crippen LogP contribution in [0.2, 0.25) is 5.02 Å². The molecule has 4 rings (SSSR count). The van der Waals surface area contributed by atoms with Gasteiger partial charge in [-0.2, -0.15) is 0 Å². The molecule has 2 heterocycles. The molecule has 30 heavy (non-hydrogen) atoms. The highest BCUT2D eigenvalue weighted by molar-refractivity contribution is 7.89. The number of sulfonamides is 1. The van der Waals surface area contributed by atoms with Crippen molar-refractivity contribution in [3.8, 4) is 22.5 Å². The number of rotatable bonds is 4. The molecule has 0 bridgehead atoms. The molecule has 1 N–H and O–H groups in total. The van der Waals surface area contributed by atoms with Crippen LogP contribution in [0.5, 0.6) is 0 Å². The first kappa shape index (κ1) is 20.5. The first-order chi connectivity index (χ1) is 14.2. The Bertz CT molecular complexity index is 1360. The number of hydrogen-bond donors (Lipinski definition) is 1. The predicted octanol–water partition coefficient (Wildman–Crippen LogP) is 5.25. The van der Waals surface area contributed by atoms with Gasteiger partial charge in [0.1, 0.15) is 10.7 Å². The van der Waals surface area contributed by atoms with Gasteiger partial charge in [0.05, 0.1) is 22.0 Å². The Morgan fingerprint density at radius 1 is 1.10 bits per heavy atom. The van der Waals surface area contributed by atoms with E-state index in [9.17, 15) is 12.8 Å². The van der Waals surface area contributed by atoms with Crippen LogP contribution < -0.4 is 0 Å². The number of nitrogens with zero attached hydrogens (tertiary/aromatic N) is 2. The lowest BCUT2D eigenvalue weighted by atomic mass is 10.0. The SMILES string of the molecule is Cc1cc(S(=O)(=O)N(C)C)cnc1-c1ccc2[nH]c(-c3c(F)cccc3Cl)cc2c1. The molecule has 154 valence electrons. The summed E-state index contributed by atoms with van der Waals surface area (Å²) in [5, 5.41) is 1.20. The number of halogens is 2. The third-order valence-corrected chi connectivity index (χ3v) is 7.05. The lowest BCUT2D eigenvalue weighted by Gasteiger charge is -2.13. The zero-order valence-electron chi connectivity index (χ0n) is 16.6. The van der Waals surface area contributed by atoms with Crippen LogP contribution in [0.15, 0.2) is 59.6 Å². The number of hydrogen-bond acceptors (Lipinski definition) is 3. The predicted molar refractivity (Wildman–Crippen MR) is 118 cm³/mol. The van der Waals surface area contributed by atoms with Crippen molar-refractivity contribution in [1.29, 1.82) is 0 Å². The molecule has 0 unspecified atom stereocenters. The van der Waals surface area contributed by atoms with Crippen molar-refractivity contribution >= 4 is 32.5 Å². The molecule has 2 aromatic carbocycles. The Hall–Kier alpha value is -2.74. The Morgan fingerprint density at radius 3 is 2.53 bits per heavy atom. The Kier molecular flexibility index (Phi) is 5.13. The smallest absolute Gasteiger partial charge is 0.244 e. The number of benzene rings is 2.